The van der Waals surface area contributed by atoms with Gasteiger partial charge in [-0.3, -0.25) is 9.80 Å². The minimum Gasteiger partial charge on any atom is -0.398 e. The molecule has 2 aliphatic rings. The first-order chi connectivity index (χ1) is 8.72. The normalized spacial score (nSPS) is 25.3. The molecule has 0 bridgehead atoms. The highest BCUT2D eigenvalue weighted by Crippen LogP contribution is 2.24. The van der Waals surface area contributed by atoms with Crippen LogP contribution in [0.15, 0.2) is 18.2 Å². The largest absolute Gasteiger partial charge is 0.398 e. The Morgan fingerprint density at radius 1 is 1.28 bits per heavy atom. The van der Waals surface area contributed by atoms with Crippen LogP contribution in [0.5, 0.6) is 0 Å². The van der Waals surface area contributed by atoms with Crippen LogP contribution >= 0.6 is 11.6 Å². The zero-order valence-electron chi connectivity index (χ0n) is 10.6. The molecule has 2 heterocycles. The van der Waals surface area contributed by atoms with E-state index >= 15 is 0 Å². The number of benzene rings is 1. The van der Waals surface area contributed by atoms with Crippen LogP contribution in [-0.4, -0.2) is 42.0 Å². The fourth-order valence-electron chi connectivity index (χ4n) is 3.15. The summed E-state index contributed by atoms with van der Waals surface area (Å²) in [5, 5.41) is 0.719. The molecular weight excluding hydrogens is 246 g/mol. The van der Waals surface area contributed by atoms with Gasteiger partial charge in [-0.25, -0.2) is 0 Å². The molecule has 0 spiro atoms. The topological polar surface area (TPSA) is 32.5 Å². The number of anilines is 1. The summed E-state index contributed by atoms with van der Waals surface area (Å²) >= 11 is 5.93. The average molecular weight is 266 g/mol. The Morgan fingerprint density at radius 2 is 2.17 bits per heavy atom. The molecule has 2 saturated heterocycles. The Labute approximate surface area is 114 Å². The number of hydrogen-bond donors (Lipinski definition) is 1. The molecule has 4 heteroatoms. The van der Waals surface area contributed by atoms with Crippen molar-refractivity contribution in [2.75, 3.05) is 31.9 Å². The molecule has 1 aromatic carbocycles. The molecule has 3 rings (SSSR count). The molecule has 3 nitrogen and oxygen atoms in total. The molecule has 0 aromatic heterocycles. The van der Waals surface area contributed by atoms with Gasteiger partial charge >= 0.3 is 0 Å². The van der Waals surface area contributed by atoms with E-state index in [1.54, 1.807) is 0 Å². The number of hydrogen-bond acceptors (Lipinski definition) is 3. The second kappa shape index (κ2) is 5.08. The maximum Gasteiger partial charge on any atom is 0.0426 e. The van der Waals surface area contributed by atoms with Crippen molar-refractivity contribution in [1.29, 1.82) is 0 Å². The number of fused-ring (bicyclic) bond motifs is 1. The van der Waals surface area contributed by atoms with E-state index in [1.165, 1.54) is 38.0 Å². The van der Waals surface area contributed by atoms with E-state index in [1.807, 2.05) is 12.1 Å². The van der Waals surface area contributed by atoms with Gasteiger partial charge in [0.05, 0.1) is 0 Å². The van der Waals surface area contributed by atoms with Gasteiger partial charge in [-0.1, -0.05) is 17.7 Å². The fraction of sp³-hybridized carbons (Fsp3) is 0.571. The molecule has 2 N–H and O–H groups in total. The molecule has 0 radical (unpaired) electrons. The van der Waals surface area contributed by atoms with E-state index in [-0.39, 0.29) is 0 Å². The first-order valence-electron chi connectivity index (χ1n) is 6.73. The zero-order chi connectivity index (χ0) is 12.5. The molecule has 2 fully saturated rings. The predicted molar refractivity (Wildman–Crippen MR) is 75.7 cm³/mol. The van der Waals surface area contributed by atoms with Crippen molar-refractivity contribution >= 4 is 17.3 Å². The Kier molecular flexibility index (Phi) is 3.46. The third-order valence-corrected chi connectivity index (χ3v) is 4.41. The molecule has 0 aliphatic carbocycles. The molecular formula is C14H20ClN3. The molecule has 1 unspecified atom stereocenters. The summed E-state index contributed by atoms with van der Waals surface area (Å²) in [7, 11) is 0. The highest BCUT2D eigenvalue weighted by molar-refractivity contribution is 6.30. The lowest BCUT2D eigenvalue weighted by atomic mass is 10.1. The van der Waals surface area contributed by atoms with Gasteiger partial charge in [0.25, 0.3) is 0 Å². The number of nitrogen functional groups attached to an aromatic ring is 1. The minimum atomic E-state index is 0.719. The lowest BCUT2D eigenvalue weighted by Gasteiger charge is -2.37. The van der Waals surface area contributed by atoms with Crippen molar-refractivity contribution in [2.45, 2.75) is 25.4 Å². The van der Waals surface area contributed by atoms with Crippen LogP contribution in [0.1, 0.15) is 18.4 Å². The number of nitrogens with zero attached hydrogens (tertiary/aromatic N) is 2. The van der Waals surface area contributed by atoms with Crippen molar-refractivity contribution in [3.63, 3.8) is 0 Å². The summed E-state index contributed by atoms with van der Waals surface area (Å²) in [6, 6.07) is 6.60. The quantitative estimate of drug-likeness (QED) is 0.833. The van der Waals surface area contributed by atoms with Gasteiger partial charge in [-0.05, 0) is 37.1 Å². The summed E-state index contributed by atoms with van der Waals surface area (Å²) in [5.41, 5.74) is 8.04. The van der Waals surface area contributed by atoms with Gasteiger partial charge in [0.2, 0.25) is 0 Å². The van der Waals surface area contributed by atoms with E-state index in [0.717, 1.165) is 29.8 Å². The maximum atomic E-state index is 6.02. The summed E-state index contributed by atoms with van der Waals surface area (Å²) in [4.78, 5) is 5.15. The van der Waals surface area contributed by atoms with E-state index in [2.05, 4.69) is 15.9 Å². The van der Waals surface area contributed by atoms with Gasteiger partial charge < -0.3 is 5.73 Å². The van der Waals surface area contributed by atoms with E-state index in [0.29, 0.717) is 0 Å². The van der Waals surface area contributed by atoms with E-state index in [4.69, 9.17) is 17.3 Å². The zero-order valence-corrected chi connectivity index (χ0v) is 11.4. The maximum absolute atomic E-state index is 6.02. The lowest BCUT2D eigenvalue weighted by Crippen LogP contribution is -2.49. The second-order valence-corrected chi connectivity index (χ2v) is 5.85. The molecule has 98 valence electrons. The van der Waals surface area contributed by atoms with Crippen LogP contribution in [0.2, 0.25) is 5.02 Å². The summed E-state index contributed by atoms with van der Waals surface area (Å²) in [5.74, 6) is 0. The Bertz CT molecular complexity index is 435. The molecule has 18 heavy (non-hydrogen) atoms. The van der Waals surface area contributed by atoms with Gasteiger partial charge in [-0.15, -0.1) is 0 Å². The number of rotatable bonds is 2. The van der Waals surface area contributed by atoms with Crippen LogP contribution in [-0.2, 0) is 6.54 Å². The highest BCUT2D eigenvalue weighted by Gasteiger charge is 2.30. The molecule has 1 atom stereocenters. The smallest absolute Gasteiger partial charge is 0.0426 e. The number of piperazine rings is 1. The molecule has 1 aromatic rings. The van der Waals surface area contributed by atoms with Crippen molar-refractivity contribution in [2.24, 2.45) is 0 Å². The Hall–Kier alpha value is -0.770. The summed E-state index contributed by atoms with van der Waals surface area (Å²) in [6.07, 6.45) is 2.72. The van der Waals surface area contributed by atoms with E-state index < -0.39 is 0 Å². The third kappa shape index (κ3) is 2.48. The monoisotopic (exact) mass is 265 g/mol. The summed E-state index contributed by atoms with van der Waals surface area (Å²) in [6.45, 7) is 5.79. The lowest BCUT2D eigenvalue weighted by molar-refractivity contribution is 0.0995. The predicted octanol–water partition coefficient (Wildman–Crippen LogP) is 2.20. The van der Waals surface area contributed by atoms with Crippen molar-refractivity contribution < 1.29 is 0 Å². The number of nitrogens with two attached hydrogens (primary N) is 1. The van der Waals surface area contributed by atoms with Crippen LogP contribution in [0.4, 0.5) is 5.69 Å². The minimum absolute atomic E-state index is 0.719. The van der Waals surface area contributed by atoms with Gasteiger partial charge in [0, 0.05) is 42.9 Å². The van der Waals surface area contributed by atoms with Crippen LogP contribution in [0.3, 0.4) is 0 Å². The van der Waals surface area contributed by atoms with Crippen LogP contribution in [0.25, 0.3) is 0 Å². The van der Waals surface area contributed by atoms with Gasteiger partial charge in [-0.2, -0.15) is 0 Å². The van der Waals surface area contributed by atoms with Crippen LogP contribution < -0.4 is 5.73 Å². The first-order valence-corrected chi connectivity index (χ1v) is 7.10. The van der Waals surface area contributed by atoms with Crippen molar-refractivity contribution in [3.05, 3.63) is 28.8 Å². The van der Waals surface area contributed by atoms with E-state index in [9.17, 15) is 0 Å². The van der Waals surface area contributed by atoms with Gasteiger partial charge in [0.1, 0.15) is 0 Å². The first kappa shape index (κ1) is 12.3. The number of halogens is 1. The van der Waals surface area contributed by atoms with Crippen LogP contribution in [0, 0.1) is 0 Å². The van der Waals surface area contributed by atoms with Crippen molar-refractivity contribution in [3.8, 4) is 0 Å². The average Bonchev–Trinajstić information content (AvgIpc) is 2.80. The molecule has 0 saturated carbocycles. The van der Waals surface area contributed by atoms with Gasteiger partial charge in [0.15, 0.2) is 0 Å². The summed E-state index contributed by atoms with van der Waals surface area (Å²) < 4.78 is 0. The Balaban J connectivity index is 1.66. The van der Waals surface area contributed by atoms with Crippen molar-refractivity contribution in [1.82, 2.24) is 9.80 Å². The fourth-order valence-corrected chi connectivity index (χ4v) is 3.33. The third-order valence-electron chi connectivity index (χ3n) is 4.17. The second-order valence-electron chi connectivity index (χ2n) is 5.41. The molecule has 0 amide bonds. The standard InChI is InChI=1S/C14H20ClN3/c15-12-4-3-11(14(16)8-12)9-17-6-7-18-5-1-2-13(18)10-17/h3-4,8,13H,1-2,5-7,9-10,16H2. The highest BCUT2D eigenvalue weighted by atomic mass is 35.5. The Morgan fingerprint density at radius 3 is 3.00 bits per heavy atom. The SMILES string of the molecule is Nc1cc(Cl)ccc1CN1CCN2CCCC2C1. The molecule has 2 aliphatic heterocycles.